The molecule has 0 aromatic heterocycles. The van der Waals surface area contributed by atoms with Crippen molar-refractivity contribution in [1.29, 1.82) is 0 Å². The first-order valence-corrected chi connectivity index (χ1v) is 12.0. The van der Waals surface area contributed by atoms with Gasteiger partial charge in [-0.1, -0.05) is 33.5 Å². The molecule has 0 aromatic rings. The Morgan fingerprint density at radius 1 is 1.14 bits per heavy atom. The lowest BCUT2D eigenvalue weighted by atomic mass is 10.1. The predicted molar refractivity (Wildman–Crippen MR) is 91.9 cm³/mol. The van der Waals surface area contributed by atoms with Crippen LogP contribution in [0.15, 0.2) is 0 Å². The smallest absolute Gasteiger partial charge is 0.320 e. The van der Waals surface area contributed by atoms with Gasteiger partial charge in [-0.2, -0.15) is 0 Å². The molecule has 0 heterocycles. The third kappa shape index (κ3) is 9.95. The van der Waals surface area contributed by atoms with Gasteiger partial charge in [0.25, 0.3) is 0 Å². The molecular weight excluding hydrogens is 298 g/mol. The van der Waals surface area contributed by atoms with Crippen molar-refractivity contribution < 1.29 is 19.4 Å². The van der Waals surface area contributed by atoms with Gasteiger partial charge in [0.05, 0.1) is 6.61 Å². The van der Waals surface area contributed by atoms with E-state index in [0.717, 1.165) is 32.0 Å². The van der Waals surface area contributed by atoms with Crippen LogP contribution in [0.25, 0.3) is 0 Å². The molecule has 0 spiro atoms. The number of hydrogen-bond acceptors (Lipinski definition) is 4. The summed E-state index contributed by atoms with van der Waals surface area (Å²) in [5.74, 6) is -1.13. The number of carboxylic acids is 1. The molecule has 6 heteroatoms. The first kappa shape index (κ1) is 21.1. The van der Waals surface area contributed by atoms with E-state index in [1.807, 2.05) is 18.7 Å². The van der Waals surface area contributed by atoms with E-state index >= 15 is 0 Å². The Bertz CT molecular complexity index is 336. The molecular formula is C16H33NO4Si. The van der Waals surface area contributed by atoms with Gasteiger partial charge in [-0.3, -0.25) is 14.5 Å². The van der Waals surface area contributed by atoms with Crippen molar-refractivity contribution in [1.82, 2.24) is 4.90 Å². The lowest BCUT2D eigenvalue weighted by Gasteiger charge is -2.27. The van der Waals surface area contributed by atoms with E-state index in [0.29, 0.717) is 13.0 Å². The molecule has 1 atom stereocenters. The topological polar surface area (TPSA) is 66.8 Å². The first-order valence-electron chi connectivity index (χ1n) is 8.33. The number of rotatable bonds is 12. The Balaban J connectivity index is 4.33. The molecule has 0 radical (unpaired) electrons. The van der Waals surface area contributed by atoms with E-state index in [1.165, 1.54) is 0 Å². The van der Waals surface area contributed by atoms with E-state index in [4.69, 9.17) is 4.74 Å². The first-order chi connectivity index (χ1) is 10.2. The summed E-state index contributed by atoms with van der Waals surface area (Å²) in [5, 5.41) is 9.40. The van der Waals surface area contributed by atoms with E-state index in [1.54, 1.807) is 0 Å². The fourth-order valence-electron chi connectivity index (χ4n) is 2.26. The minimum Gasteiger partial charge on any atom is -0.480 e. The van der Waals surface area contributed by atoms with Crippen LogP contribution < -0.4 is 0 Å². The van der Waals surface area contributed by atoms with Gasteiger partial charge in [0.15, 0.2) is 0 Å². The zero-order valence-corrected chi connectivity index (χ0v) is 15.9. The van der Waals surface area contributed by atoms with Gasteiger partial charge in [0.2, 0.25) is 0 Å². The Hall–Kier alpha value is -0.883. The lowest BCUT2D eigenvalue weighted by molar-refractivity contribution is -0.146. The Morgan fingerprint density at radius 3 is 2.09 bits per heavy atom. The summed E-state index contributed by atoms with van der Waals surface area (Å²) in [5.41, 5.74) is 0. The van der Waals surface area contributed by atoms with Gasteiger partial charge in [-0.15, -0.1) is 0 Å². The minimum atomic E-state index is -1.21. The molecule has 0 aromatic carbocycles. The number of ether oxygens (including phenoxy) is 1. The summed E-state index contributed by atoms with van der Waals surface area (Å²) >= 11 is 0. The van der Waals surface area contributed by atoms with Crippen LogP contribution in [0.5, 0.6) is 0 Å². The number of esters is 1. The molecule has 0 aliphatic heterocycles. The average molecular weight is 332 g/mol. The molecule has 130 valence electrons. The van der Waals surface area contributed by atoms with E-state index in [9.17, 15) is 14.7 Å². The highest BCUT2D eigenvalue weighted by molar-refractivity contribution is 6.76. The van der Waals surface area contributed by atoms with Crippen LogP contribution in [-0.2, 0) is 14.3 Å². The van der Waals surface area contributed by atoms with Crippen molar-refractivity contribution in [2.75, 3.05) is 19.7 Å². The number of hydrogen-bond donors (Lipinski definition) is 1. The highest BCUT2D eigenvalue weighted by Crippen LogP contribution is 2.12. The van der Waals surface area contributed by atoms with Gasteiger partial charge in [-0.05, 0) is 38.4 Å². The second-order valence-corrected chi connectivity index (χ2v) is 12.6. The van der Waals surface area contributed by atoms with Crippen molar-refractivity contribution in [3.05, 3.63) is 0 Å². The highest BCUT2D eigenvalue weighted by Gasteiger charge is 2.25. The molecule has 0 bridgehead atoms. The van der Waals surface area contributed by atoms with Gasteiger partial charge < -0.3 is 9.84 Å². The number of aliphatic carboxylic acids is 1. The third-order valence-corrected chi connectivity index (χ3v) is 5.19. The van der Waals surface area contributed by atoms with Crippen LogP contribution in [0.4, 0.5) is 0 Å². The molecule has 1 N–H and O–H groups in total. The molecule has 0 amide bonds. The van der Waals surface area contributed by atoms with Crippen molar-refractivity contribution in [2.24, 2.45) is 0 Å². The summed E-state index contributed by atoms with van der Waals surface area (Å²) < 4.78 is 5.23. The number of carboxylic acid groups (broad SMARTS) is 1. The number of carbonyl (C=O) groups is 2. The summed E-state index contributed by atoms with van der Waals surface area (Å²) in [4.78, 5) is 25.2. The third-order valence-electron chi connectivity index (χ3n) is 3.48. The molecule has 0 saturated carbocycles. The molecule has 0 fully saturated rings. The highest BCUT2D eigenvalue weighted by atomic mass is 28.3. The molecule has 0 aliphatic carbocycles. The van der Waals surface area contributed by atoms with Crippen LogP contribution in [0.2, 0.25) is 25.7 Å². The lowest BCUT2D eigenvalue weighted by Crippen LogP contribution is -2.42. The minimum absolute atomic E-state index is 0.173. The fraction of sp³-hybridized carbons (Fsp3) is 0.875. The van der Waals surface area contributed by atoms with Crippen molar-refractivity contribution in [3.8, 4) is 0 Å². The van der Waals surface area contributed by atoms with Crippen molar-refractivity contribution in [3.63, 3.8) is 0 Å². The molecule has 0 aliphatic rings. The zero-order valence-electron chi connectivity index (χ0n) is 14.9. The van der Waals surface area contributed by atoms with Gasteiger partial charge in [0.1, 0.15) is 6.04 Å². The second-order valence-electron chi connectivity index (χ2n) is 6.96. The SMILES string of the molecule is CCCN(CCC)[C@@H](CCC(=O)OCC[Si](C)(C)C)C(=O)O. The maximum absolute atomic E-state index is 11.8. The standard InChI is InChI=1S/C16H33NO4Si/c1-6-10-17(11-7-2)14(16(19)20)8-9-15(18)21-12-13-22(3,4)5/h14H,6-13H2,1-5H3,(H,19,20)/t14-/m0/s1. The molecule has 5 nitrogen and oxygen atoms in total. The summed E-state index contributed by atoms with van der Waals surface area (Å²) in [7, 11) is -1.21. The number of nitrogens with zero attached hydrogens (tertiary/aromatic N) is 1. The van der Waals surface area contributed by atoms with E-state index < -0.39 is 20.1 Å². The predicted octanol–water partition coefficient (Wildman–Crippen LogP) is 3.22. The molecule has 22 heavy (non-hydrogen) atoms. The van der Waals surface area contributed by atoms with Gasteiger partial charge in [0, 0.05) is 14.5 Å². The van der Waals surface area contributed by atoms with Gasteiger partial charge in [-0.25, -0.2) is 0 Å². The Morgan fingerprint density at radius 2 is 1.68 bits per heavy atom. The number of carbonyl (C=O) groups excluding carboxylic acids is 1. The van der Waals surface area contributed by atoms with E-state index in [-0.39, 0.29) is 12.4 Å². The fourth-order valence-corrected chi connectivity index (χ4v) is 2.97. The maximum Gasteiger partial charge on any atom is 0.320 e. The second kappa shape index (κ2) is 10.8. The average Bonchev–Trinajstić information content (AvgIpc) is 2.37. The summed E-state index contributed by atoms with van der Waals surface area (Å²) in [6, 6.07) is 0.350. The summed E-state index contributed by atoms with van der Waals surface area (Å²) in [6.07, 6.45) is 2.31. The van der Waals surface area contributed by atoms with Crippen molar-refractivity contribution in [2.45, 2.75) is 71.3 Å². The van der Waals surface area contributed by atoms with Crippen molar-refractivity contribution >= 4 is 20.0 Å². The Labute approximate surface area is 136 Å². The largest absolute Gasteiger partial charge is 0.480 e. The van der Waals surface area contributed by atoms with Crippen LogP contribution in [0.1, 0.15) is 39.5 Å². The molecule has 0 saturated heterocycles. The maximum atomic E-state index is 11.8. The molecule has 0 rings (SSSR count). The van der Waals surface area contributed by atoms with E-state index in [2.05, 4.69) is 19.6 Å². The molecule has 0 unspecified atom stereocenters. The quantitative estimate of drug-likeness (QED) is 0.439. The van der Waals surface area contributed by atoms with Crippen LogP contribution in [0.3, 0.4) is 0 Å². The zero-order chi connectivity index (χ0) is 17.2. The Kier molecular flexibility index (Phi) is 10.3. The summed E-state index contributed by atoms with van der Waals surface area (Å²) in [6.45, 7) is 12.7. The monoisotopic (exact) mass is 331 g/mol. The normalized spacial score (nSPS) is 13.2. The van der Waals surface area contributed by atoms with Crippen LogP contribution in [-0.4, -0.2) is 55.8 Å². The van der Waals surface area contributed by atoms with Gasteiger partial charge >= 0.3 is 11.9 Å². The van der Waals surface area contributed by atoms with Crippen LogP contribution in [0, 0.1) is 0 Å². The van der Waals surface area contributed by atoms with Crippen LogP contribution >= 0.6 is 0 Å².